The predicted octanol–water partition coefficient (Wildman–Crippen LogP) is 5.05. The predicted molar refractivity (Wildman–Crippen MR) is 146 cm³/mol. The number of carboxylic acids is 1. The monoisotopic (exact) mass is 509 g/mol. The lowest BCUT2D eigenvalue weighted by Crippen LogP contribution is -2.59. The Hall–Kier alpha value is -2.41. The highest BCUT2D eigenvalue weighted by Crippen LogP contribution is 2.43. The number of carbonyl (C=O) groups is 1. The Morgan fingerprint density at radius 3 is 2.24 bits per heavy atom. The van der Waals surface area contributed by atoms with Crippen LogP contribution in [-0.4, -0.2) is 43.2 Å². The van der Waals surface area contributed by atoms with Gasteiger partial charge in [-0.25, -0.2) is 4.79 Å². The Bertz CT molecular complexity index is 1240. The van der Waals surface area contributed by atoms with Crippen LogP contribution in [0.15, 0.2) is 33.9 Å². The summed E-state index contributed by atoms with van der Waals surface area (Å²) in [5.74, 6) is 1.18. The van der Waals surface area contributed by atoms with Crippen molar-refractivity contribution in [2.45, 2.75) is 116 Å². The standard InChI is InChI=1S/C30H43N3O4/c1-4-21-13-19(2)12-20(3)14-24(15-21)32-22-8-7-9-23(32)17-25(16-22)33-29(36)26-10-5-6-11-27(26)31(30(33)37)18-28(34)35/h5-6,10-11,19-25H,4,7-9,12-18H2,1-3H3,(H,34,35)/t19?,20-,21+,22-,23+,24-,25+/m0/s1. The summed E-state index contributed by atoms with van der Waals surface area (Å²) in [6.45, 7) is 6.72. The smallest absolute Gasteiger partial charge is 0.332 e. The van der Waals surface area contributed by atoms with Gasteiger partial charge in [0.05, 0.1) is 10.9 Å². The molecule has 0 radical (unpaired) electrons. The van der Waals surface area contributed by atoms with E-state index < -0.39 is 18.2 Å². The summed E-state index contributed by atoms with van der Waals surface area (Å²) >= 11 is 0. The van der Waals surface area contributed by atoms with E-state index in [1.165, 1.54) is 47.7 Å². The SMILES string of the molecule is CC[C@@H]1CC(C)C[C@H](C)C[C@H](N2[C@@H]3CCC[C@H]2C[C@@H](n2c(=O)c4ccccc4n(CC(=O)O)c2=O)C3)C1. The molecule has 7 atom stereocenters. The molecule has 2 aliphatic heterocycles. The molecule has 0 spiro atoms. The third kappa shape index (κ3) is 5.16. The average molecular weight is 510 g/mol. The van der Waals surface area contributed by atoms with Crippen LogP contribution in [0.25, 0.3) is 10.9 Å². The van der Waals surface area contributed by atoms with Crippen molar-refractivity contribution in [2.24, 2.45) is 17.8 Å². The molecule has 2 bridgehead atoms. The van der Waals surface area contributed by atoms with Crippen molar-refractivity contribution in [1.82, 2.24) is 14.0 Å². The molecule has 1 aromatic heterocycles. The molecule has 7 heteroatoms. The molecular weight excluding hydrogens is 466 g/mol. The van der Waals surface area contributed by atoms with E-state index in [0.29, 0.717) is 34.9 Å². The summed E-state index contributed by atoms with van der Waals surface area (Å²) in [6.07, 6.45) is 11.3. The van der Waals surface area contributed by atoms with Crippen molar-refractivity contribution < 1.29 is 9.90 Å². The highest BCUT2D eigenvalue weighted by atomic mass is 16.4. The van der Waals surface area contributed by atoms with Gasteiger partial charge in [-0.05, 0) is 81.3 Å². The summed E-state index contributed by atoms with van der Waals surface area (Å²) in [4.78, 5) is 41.7. The number of nitrogens with zero attached hydrogens (tertiary/aromatic N) is 3. The van der Waals surface area contributed by atoms with Crippen molar-refractivity contribution >= 4 is 16.9 Å². The Kier molecular flexibility index (Phi) is 7.62. The van der Waals surface area contributed by atoms with Gasteiger partial charge in [-0.2, -0.15) is 0 Å². The second-order valence-electron chi connectivity index (χ2n) is 12.3. The molecule has 2 saturated heterocycles. The van der Waals surface area contributed by atoms with E-state index in [4.69, 9.17) is 0 Å². The van der Waals surface area contributed by atoms with Gasteiger partial charge < -0.3 is 5.11 Å². The summed E-state index contributed by atoms with van der Waals surface area (Å²) in [7, 11) is 0. The lowest BCUT2D eigenvalue weighted by atomic mass is 9.74. The van der Waals surface area contributed by atoms with Crippen LogP contribution < -0.4 is 11.2 Å². The molecule has 2 aromatic rings. The number of fused-ring (bicyclic) bond motifs is 3. The summed E-state index contributed by atoms with van der Waals surface area (Å²) in [5, 5.41) is 9.92. The van der Waals surface area contributed by atoms with Gasteiger partial charge in [0.2, 0.25) is 0 Å². The molecule has 1 N–H and O–H groups in total. The number of carboxylic acid groups (broad SMARTS) is 1. The second-order valence-corrected chi connectivity index (χ2v) is 12.3. The van der Waals surface area contributed by atoms with E-state index in [-0.39, 0.29) is 11.6 Å². The van der Waals surface area contributed by atoms with E-state index >= 15 is 0 Å². The molecule has 1 unspecified atom stereocenters. The maximum Gasteiger partial charge on any atom is 0.332 e. The molecule has 0 amide bonds. The topological polar surface area (TPSA) is 84.5 Å². The Morgan fingerprint density at radius 2 is 1.57 bits per heavy atom. The molecule has 5 rings (SSSR count). The number of para-hydroxylation sites is 1. The fourth-order valence-corrected chi connectivity index (χ4v) is 8.21. The number of hydrogen-bond acceptors (Lipinski definition) is 4. The highest BCUT2D eigenvalue weighted by Gasteiger charge is 2.44. The first-order chi connectivity index (χ1) is 17.8. The van der Waals surface area contributed by atoms with Gasteiger partial charge in [-0.1, -0.05) is 45.7 Å². The fourth-order valence-electron chi connectivity index (χ4n) is 8.21. The van der Waals surface area contributed by atoms with Gasteiger partial charge in [0, 0.05) is 24.2 Å². The number of hydrogen-bond donors (Lipinski definition) is 1. The number of aliphatic carboxylic acids is 1. The summed E-state index contributed by atoms with van der Waals surface area (Å²) in [6, 6.07) is 8.02. The van der Waals surface area contributed by atoms with Crippen LogP contribution in [0.1, 0.15) is 91.0 Å². The van der Waals surface area contributed by atoms with Crippen LogP contribution in [-0.2, 0) is 11.3 Å². The molecule has 3 fully saturated rings. The molecular formula is C30H43N3O4. The quantitative estimate of drug-likeness (QED) is 0.610. The van der Waals surface area contributed by atoms with Crippen molar-refractivity contribution in [2.75, 3.05) is 0 Å². The number of aromatic nitrogens is 2. The lowest BCUT2D eigenvalue weighted by molar-refractivity contribution is -0.137. The maximum atomic E-state index is 13.6. The van der Waals surface area contributed by atoms with E-state index in [1.807, 2.05) is 0 Å². The molecule has 202 valence electrons. The highest BCUT2D eigenvalue weighted by molar-refractivity contribution is 5.79. The van der Waals surface area contributed by atoms with Gasteiger partial charge in [0.15, 0.2) is 0 Å². The zero-order chi connectivity index (χ0) is 26.3. The van der Waals surface area contributed by atoms with E-state index in [1.54, 1.807) is 24.3 Å². The minimum absolute atomic E-state index is 0.191. The number of benzene rings is 1. The van der Waals surface area contributed by atoms with Crippen molar-refractivity contribution in [1.29, 1.82) is 0 Å². The third-order valence-electron chi connectivity index (χ3n) is 9.57. The first-order valence-corrected chi connectivity index (χ1v) is 14.5. The van der Waals surface area contributed by atoms with E-state index in [9.17, 15) is 19.5 Å². The Balaban J connectivity index is 1.49. The maximum absolute atomic E-state index is 13.6. The Morgan fingerprint density at radius 1 is 0.892 bits per heavy atom. The van der Waals surface area contributed by atoms with Crippen molar-refractivity contribution in [3.05, 3.63) is 45.1 Å². The molecule has 3 heterocycles. The summed E-state index contributed by atoms with van der Waals surface area (Å²) < 4.78 is 2.68. The van der Waals surface area contributed by atoms with Crippen LogP contribution in [0, 0.1) is 17.8 Å². The largest absolute Gasteiger partial charge is 0.480 e. The number of piperidine rings is 2. The fraction of sp³-hybridized carbons (Fsp3) is 0.700. The van der Waals surface area contributed by atoms with Crippen LogP contribution >= 0.6 is 0 Å². The van der Waals surface area contributed by atoms with Gasteiger partial charge in [-0.3, -0.25) is 23.6 Å². The lowest BCUT2D eigenvalue weighted by Gasteiger charge is -2.54. The van der Waals surface area contributed by atoms with Crippen molar-refractivity contribution in [3.8, 4) is 0 Å². The first-order valence-electron chi connectivity index (χ1n) is 14.5. The molecule has 3 aliphatic rings. The zero-order valence-corrected chi connectivity index (χ0v) is 22.6. The molecule has 37 heavy (non-hydrogen) atoms. The van der Waals surface area contributed by atoms with Crippen LogP contribution in [0.4, 0.5) is 0 Å². The van der Waals surface area contributed by atoms with Crippen LogP contribution in [0.2, 0.25) is 0 Å². The Labute approximate surface area is 219 Å². The summed E-state index contributed by atoms with van der Waals surface area (Å²) in [5.41, 5.74) is -0.363. The molecule has 1 aliphatic carbocycles. The zero-order valence-electron chi connectivity index (χ0n) is 22.6. The van der Waals surface area contributed by atoms with Gasteiger partial charge in [0.1, 0.15) is 6.54 Å². The molecule has 1 aromatic carbocycles. The second kappa shape index (κ2) is 10.8. The first kappa shape index (κ1) is 26.2. The molecule has 7 nitrogen and oxygen atoms in total. The molecule has 1 saturated carbocycles. The minimum Gasteiger partial charge on any atom is -0.480 e. The normalized spacial score (nSPS) is 33.1. The van der Waals surface area contributed by atoms with E-state index in [0.717, 1.165) is 37.5 Å². The van der Waals surface area contributed by atoms with Crippen molar-refractivity contribution in [3.63, 3.8) is 0 Å². The van der Waals surface area contributed by atoms with E-state index in [2.05, 4.69) is 25.7 Å². The number of rotatable bonds is 5. The van der Waals surface area contributed by atoms with Gasteiger partial charge in [-0.15, -0.1) is 0 Å². The van der Waals surface area contributed by atoms with Gasteiger partial charge >= 0.3 is 11.7 Å². The average Bonchev–Trinajstić information content (AvgIpc) is 2.84. The minimum atomic E-state index is -1.08. The van der Waals surface area contributed by atoms with Crippen LogP contribution in [0.3, 0.4) is 0 Å². The van der Waals surface area contributed by atoms with Gasteiger partial charge in [0.25, 0.3) is 5.56 Å². The third-order valence-corrected chi connectivity index (χ3v) is 9.57. The van der Waals surface area contributed by atoms with Crippen LogP contribution in [0.5, 0.6) is 0 Å².